The molecule has 1 saturated heterocycles. The molecule has 1 aromatic rings. The van der Waals surface area contributed by atoms with Crippen LogP contribution in [-0.4, -0.2) is 44.8 Å². The molecule has 0 aromatic carbocycles. The highest BCUT2D eigenvalue weighted by molar-refractivity contribution is 7.89. The fourth-order valence-corrected chi connectivity index (χ4v) is 3.52. The van der Waals surface area contributed by atoms with E-state index in [1.165, 1.54) is 16.4 Å². The number of carbonyl (C=O) groups excluding carboxylic acids is 1. The number of nitrogens with zero attached hydrogens (tertiary/aromatic N) is 1. The van der Waals surface area contributed by atoms with Crippen molar-refractivity contribution in [1.29, 1.82) is 0 Å². The molecule has 2 rings (SSSR count). The van der Waals surface area contributed by atoms with Gasteiger partial charge in [-0.05, 0) is 18.6 Å². The van der Waals surface area contributed by atoms with Crippen molar-refractivity contribution in [1.82, 2.24) is 4.31 Å². The van der Waals surface area contributed by atoms with Gasteiger partial charge in [0.1, 0.15) is 0 Å². The average Bonchev–Trinajstić information content (AvgIpc) is 2.88. The number of carbonyl (C=O) groups is 1. The summed E-state index contributed by atoms with van der Waals surface area (Å²) in [5, 5.41) is -0.190. The first-order valence-electron chi connectivity index (χ1n) is 5.74. The van der Waals surface area contributed by atoms with Crippen LogP contribution in [0.15, 0.2) is 21.6 Å². The number of morpholine rings is 1. The minimum Gasteiger partial charge on any atom is -0.440 e. The van der Waals surface area contributed by atoms with Gasteiger partial charge in [0.15, 0.2) is 12.0 Å². The molecule has 2 heterocycles. The Morgan fingerprint density at radius 2 is 2.28 bits per heavy atom. The average molecular weight is 273 g/mol. The highest BCUT2D eigenvalue weighted by Gasteiger charge is 2.35. The number of rotatable bonds is 4. The molecule has 0 N–H and O–H groups in total. The van der Waals surface area contributed by atoms with Crippen molar-refractivity contribution in [3.63, 3.8) is 0 Å². The molecule has 1 unspecified atom stereocenters. The van der Waals surface area contributed by atoms with Crippen LogP contribution in [0, 0.1) is 0 Å². The van der Waals surface area contributed by atoms with Crippen LogP contribution >= 0.6 is 0 Å². The molecule has 0 aliphatic carbocycles. The van der Waals surface area contributed by atoms with Gasteiger partial charge in [-0.3, -0.25) is 4.79 Å². The summed E-state index contributed by atoms with van der Waals surface area (Å²) in [5.74, 6) is 0.00915. The molecule has 0 radical (unpaired) electrons. The van der Waals surface area contributed by atoms with E-state index in [0.717, 1.165) is 0 Å². The van der Waals surface area contributed by atoms with Gasteiger partial charge in [0.25, 0.3) is 10.0 Å². The highest BCUT2D eigenvalue weighted by atomic mass is 32.2. The first-order chi connectivity index (χ1) is 8.59. The summed E-state index contributed by atoms with van der Waals surface area (Å²) < 4.78 is 36.3. The molecular weight excluding hydrogens is 258 g/mol. The molecule has 100 valence electrons. The molecule has 0 bridgehead atoms. The quantitative estimate of drug-likeness (QED) is 0.761. The molecule has 0 spiro atoms. The first-order valence-corrected chi connectivity index (χ1v) is 7.18. The summed E-state index contributed by atoms with van der Waals surface area (Å²) in [5.41, 5.74) is 0. The topological polar surface area (TPSA) is 76.8 Å². The monoisotopic (exact) mass is 273 g/mol. The Kier molecular flexibility index (Phi) is 3.84. The zero-order valence-corrected chi connectivity index (χ0v) is 10.9. The van der Waals surface area contributed by atoms with Gasteiger partial charge >= 0.3 is 0 Å². The van der Waals surface area contributed by atoms with Crippen molar-refractivity contribution in [2.24, 2.45) is 0 Å². The van der Waals surface area contributed by atoms with Crippen LogP contribution < -0.4 is 0 Å². The zero-order chi connectivity index (χ0) is 13.2. The SMILES string of the molecule is CCC1COCCN1S(=O)(=O)c1ccc(C=O)o1. The van der Waals surface area contributed by atoms with Crippen LogP contribution in [0.4, 0.5) is 0 Å². The molecule has 18 heavy (non-hydrogen) atoms. The lowest BCUT2D eigenvalue weighted by molar-refractivity contribution is 0.0308. The summed E-state index contributed by atoms with van der Waals surface area (Å²) in [6.07, 6.45) is 1.15. The molecule has 1 aromatic heterocycles. The third-order valence-corrected chi connectivity index (χ3v) is 4.75. The second-order valence-electron chi connectivity index (χ2n) is 4.03. The minimum absolute atomic E-state index is 0.00915. The highest BCUT2D eigenvalue weighted by Crippen LogP contribution is 2.23. The van der Waals surface area contributed by atoms with Gasteiger partial charge in [-0.2, -0.15) is 4.31 Å². The number of ether oxygens (including phenoxy) is 1. The first kappa shape index (κ1) is 13.3. The van der Waals surface area contributed by atoms with Crippen LogP contribution in [-0.2, 0) is 14.8 Å². The molecule has 0 amide bonds. The second kappa shape index (κ2) is 5.21. The van der Waals surface area contributed by atoms with Gasteiger partial charge in [0.2, 0.25) is 5.09 Å². The van der Waals surface area contributed by atoms with E-state index < -0.39 is 10.0 Å². The van der Waals surface area contributed by atoms with E-state index in [9.17, 15) is 13.2 Å². The van der Waals surface area contributed by atoms with Crippen molar-refractivity contribution < 1.29 is 22.4 Å². The van der Waals surface area contributed by atoms with Crippen molar-refractivity contribution in [2.45, 2.75) is 24.5 Å². The van der Waals surface area contributed by atoms with Crippen LogP contribution in [0.5, 0.6) is 0 Å². The molecule has 1 atom stereocenters. The Balaban J connectivity index is 2.31. The van der Waals surface area contributed by atoms with E-state index in [1.807, 2.05) is 6.92 Å². The maximum absolute atomic E-state index is 12.3. The lowest BCUT2D eigenvalue weighted by atomic mass is 10.2. The van der Waals surface area contributed by atoms with E-state index in [1.54, 1.807) is 0 Å². The maximum atomic E-state index is 12.3. The van der Waals surface area contributed by atoms with Gasteiger partial charge in [-0.1, -0.05) is 6.92 Å². The minimum atomic E-state index is -3.68. The van der Waals surface area contributed by atoms with Crippen molar-refractivity contribution >= 4 is 16.3 Å². The third kappa shape index (κ3) is 2.33. The number of hydrogen-bond acceptors (Lipinski definition) is 5. The van der Waals surface area contributed by atoms with E-state index in [0.29, 0.717) is 32.5 Å². The van der Waals surface area contributed by atoms with Gasteiger partial charge < -0.3 is 9.15 Å². The second-order valence-corrected chi connectivity index (χ2v) is 5.85. The predicted octanol–water partition coefficient (Wildman–Crippen LogP) is 0.892. The molecule has 6 nitrogen and oxygen atoms in total. The Hall–Kier alpha value is -1.18. The van der Waals surface area contributed by atoms with Crippen LogP contribution in [0.2, 0.25) is 0 Å². The Morgan fingerprint density at radius 1 is 1.50 bits per heavy atom. The molecule has 0 saturated carbocycles. The zero-order valence-electron chi connectivity index (χ0n) is 10.0. The fraction of sp³-hybridized carbons (Fsp3) is 0.545. The van der Waals surface area contributed by atoms with Crippen LogP contribution in [0.3, 0.4) is 0 Å². The Bertz CT molecular complexity index is 521. The van der Waals surface area contributed by atoms with Crippen molar-refractivity contribution in [2.75, 3.05) is 19.8 Å². The number of aldehydes is 1. The van der Waals surface area contributed by atoms with Gasteiger partial charge in [-0.25, -0.2) is 8.42 Å². The number of hydrogen-bond donors (Lipinski definition) is 0. The largest absolute Gasteiger partial charge is 0.440 e. The smallest absolute Gasteiger partial charge is 0.276 e. The summed E-state index contributed by atoms with van der Waals surface area (Å²) in [6, 6.07) is 2.47. The van der Waals surface area contributed by atoms with E-state index >= 15 is 0 Å². The van der Waals surface area contributed by atoms with Crippen LogP contribution in [0.1, 0.15) is 23.9 Å². The molecule has 1 aliphatic heterocycles. The lowest BCUT2D eigenvalue weighted by Gasteiger charge is -2.33. The molecule has 7 heteroatoms. The van der Waals surface area contributed by atoms with Crippen molar-refractivity contribution in [3.05, 3.63) is 17.9 Å². The van der Waals surface area contributed by atoms with E-state index in [2.05, 4.69) is 0 Å². The fourth-order valence-electron chi connectivity index (χ4n) is 1.93. The maximum Gasteiger partial charge on any atom is 0.276 e. The number of sulfonamides is 1. The van der Waals surface area contributed by atoms with Crippen LogP contribution in [0.25, 0.3) is 0 Å². The molecular formula is C11H15NO5S. The van der Waals surface area contributed by atoms with Gasteiger partial charge in [0.05, 0.1) is 13.2 Å². The normalized spacial score (nSPS) is 21.9. The lowest BCUT2D eigenvalue weighted by Crippen LogP contribution is -2.48. The Labute approximate surface area is 106 Å². The van der Waals surface area contributed by atoms with E-state index in [-0.39, 0.29) is 16.9 Å². The molecule has 1 aliphatic rings. The summed E-state index contributed by atoms with van der Waals surface area (Å²) in [7, 11) is -3.68. The number of furan rings is 1. The summed E-state index contributed by atoms with van der Waals surface area (Å²) in [4.78, 5) is 10.5. The van der Waals surface area contributed by atoms with Crippen molar-refractivity contribution in [3.8, 4) is 0 Å². The summed E-state index contributed by atoms with van der Waals surface area (Å²) >= 11 is 0. The van der Waals surface area contributed by atoms with E-state index in [4.69, 9.17) is 9.15 Å². The standard InChI is InChI=1S/C11H15NO5S/c1-2-9-8-16-6-5-12(9)18(14,15)11-4-3-10(7-13)17-11/h3-4,7,9H,2,5-6,8H2,1H3. The summed E-state index contributed by atoms with van der Waals surface area (Å²) in [6.45, 7) is 2.97. The van der Waals surface area contributed by atoms with Gasteiger partial charge in [-0.15, -0.1) is 0 Å². The molecule has 1 fully saturated rings. The Morgan fingerprint density at radius 3 is 2.89 bits per heavy atom. The predicted molar refractivity (Wildman–Crippen MR) is 62.9 cm³/mol. The van der Waals surface area contributed by atoms with Gasteiger partial charge in [0, 0.05) is 12.6 Å². The third-order valence-electron chi connectivity index (χ3n) is 2.93.